The van der Waals surface area contributed by atoms with Crippen molar-refractivity contribution < 1.29 is 37.4 Å². The van der Waals surface area contributed by atoms with E-state index in [1.54, 1.807) is 11.7 Å². The van der Waals surface area contributed by atoms with Crippen molar-refractivity contribution in [1.82, 2.24) is 25.7 Å². The summed E-state index contributed by atoms with van der Waals surface area (Å²) in [6.07, 6.45) is 2.93. The first-order valence-corrected chi connectivity index (χ1v) is 20.2. The number of fused-ring (bicyclic) bond motifs is 2. The number of methoxy groups -OCH3 is 1. The predicted molar refractivity (Wildman–Crippen MR) is 221 cm³/mol. The van der Waals surface area contributed by atoms with Gasteiger partial charge in [0.1, 0.15) is 11.6 Å². The van der Waals surface area contributed by atoms with Crippen molar-refractivity contribution in [3.05, 3.63) is 106 Å². The Morgan fingerprint density at radius 2 is 1.80 bits per heavy atom. The van der Waals surface area contributed by atoms with Crippen LogP contribution in [0.5, 0.6) is 11.5 Å². The Balaban J connectivity index is 0.960. The van der Waals surface area contributed by atoms with Crippen molar-refractivity contribution in [3.8, 4) is 22.6 Å². The predicted octanol–water partition coefficient (Wildman–Crippen LogP) is 6.58. The lowest BCUT2D eigenvalue weighted by Gasteiger charge is -2.37. The third-order valence-corrected chi connectivity index (χ3v) is 12.5. The van der Waals surface area contributed by atoms with Gasteiger partial charge in [0.25, 0.3) is 0 Å². The molecule has 2 atom stereocenters. The smallest absolute Gasteiger partial charge is 0.329 e. The summed E-state index contributed by atoms with van der Waals surface area (Å²) >= 11 is 6.66. The molecule has 60 heavy (non-hydrogen) atoms. The van der Waals surface area contributed by atoms with Gasteiger partial charge in [-0.2, -0.15) is 5.10 Å². The molecule has 5 aromatic rings. The number of carbonyl (C=O) groups is 4. The Morgan fingerprint density at radius 1 is 1.05 bits per heavy atom. The molecular weight excluding hydrogens is 796 g/mol. The van der Waals surface area contributed by atoms with Crippen LogP contribution in [0.15, 0.2) is 66.7 Å². The van der Waals surface area contributed by atoms with Crippen LogP contribution in [-0.2, 0) is 28.8 Å². The summed E-state index contributed by atoms with van der Waals surface area (Å²) < 4.78 is 45.5. The standard InChI is InChI=1S/C44H44ClF2N7O6/c1-23-35-33(20-30(46)38(45)37(35)36-29(40(48)56)15-16-32(59-3)39(36)47)60-44(23,26-7-5-4-6-8-26)22-50-27-12-10-25(11-13-27)42(57)49-21-24-9-14-28-31(19-24)53(2)52-41(28)54-18-17-34(55)51-43(54)58/h4-9,14-16,19-20,23,25,27,50H,10-13,17-18,21-22H2,1-3H3,(H2,48,56)(H,49,57)(H,51,55,58). The summed E-state index contributed by atoms with van der Waals surface area (Å²) in [7, 11) is 3.07. The number of primary amides is 1. The van der Waals surface area contributed by atoms with Crippen molar-refractivity contribution >= 4 is 52.1 Å². The van der Waals surface area contributed by atoms with Crippen LogP contribution in [0.3, 0.4) is 0 Å². The number of halogens is 3. The highest BCUT2D eigenvalue weighted by Gasteiger charge is 2.50. The van der Waals surface area contributed by atoms with Gasteiger partial charge in [-0.15, -0.1) is 0 Å². The molecule has 8 rings (SSSR count). The molecule has 1 aliphatic carbocycles. The van der Waals surface area contributed by atoms with Gasteiger partial charge in [0.2, 0.25) is 17.7 Å². The van der Waals surface area contributed by atoms with E-state index in [0.29, 0.717) is 43.6 Å². The van der Waals surface area contributed by atoms with Crippen LogP contribution in [0.25, 0.3) is 22.0 Å². The first kappa shape index (κ1) is 40.7. The zero-order valence-corrected chi connectivity index (χ0v) is 34.0. The minimum absolute atomic E-state index is 0.0242. The quantitative estimate of drug-likeness (QED) is 0.116. The molecule has 0 bridgehead atoms. The number of aryl methyl sites for hydroxylation is 1. The van der Waals surface area contributed by atoms with Crippen LogP contribution in [0.4, 0.5) is 19.4 Å². The number of nitrogens with zero attached hydrogens (tertiary/aromatic N) is 3. The van der Waals surface area contributed by atoms with Gasteiger partial charge in [-0.25, -0.2) is 13.6 Å². The van der Waals surface area contributed by atoms with Gasteiger partial charge in [-0.3, -0.25) is 29.3 Å². The van der Waals surface area contributed by atoms with E-state index in [9.17, 15) is 19.2 Å². The van der Waals surface area contributed by atoms with Gasteiger partial charge in [0.15, 0.2) is 23.0 Å². The summed E-state index contributed by atoms with van der Waals surface area (Å²) in [5.41, 5.74) is 7.03. The highest BCUT2D eigenvalue weighted by Crippen LogP contribution is 2.56. The molecule has 13 nitrogen and oxygen atoms in total. The molecule has 1 saturated heterocycles. The SMILES string of the molecule is COc1ccc(C(N)=O)c(-c2c(Cl)c(F)cc3c2C(C)C(CNC2CCC(C(=O)NCc4ccc5c(N6CCC(=O)NC6=O)nn(C)c5c4)CC2)(c2ccccc2)O3)c1F. The third-order valence-electron chi connectivity index (χ3n) is 12.2. The maximum absolute atomic E-state index is 16.1. The Morgan fingerprint density at radius 3 is 2.50 bits per heavy atom. The number of ether oxygens (including phenoxy) is 2. The molecule has 16 heteroatoms. The van der Waals surface area contributed by atoms with E-state index in [0.717, 1.165) is 22.0 Å². The average molecular weight is 840 g/mol. The Bertz CT molecular complexity index is 2540. The van der Waals surface area contributed by atoms with Crippen molar-refractivity contribution in [3.63, 3.8) is 0 Å². The van der Waals surface area contributed by atoms with E-state index in [1.807, 2.05) is 55.5 Å². The second-order valence-electron chi connectivity index (χ2n) is 15.6. The van der Waals surface area contributed by atoms with E-state index in [1.165, 1.54) is 30.2 Å². The lowest BCUT2D eigenvalue weighted by atomic mass is 9.77. The first-order valence-electron chi connectivity index (χ1n) is 19.8. The molecule has 2 unspecified atom stereocenters. The maximum Gasteiger partial charge on any atom is 0.329 e. The molecule has 3 heterocycles. The van der Waals surface area contributed by atoms with Crippen LogP contribution in [0.2, 0.25) is 5.02 Å². The van der Waals surface area contributed by atoms with E-state index in [-0.39, 0.29) is 76.5 Å². The van der Waals surface area contributed by atoms with Crippen LogP contribution >= 0.6 is 11.6 Å². The van der Waals surface area contributed by atoms with Crippen molar-refractivity contribution in [2.45, 2.75) is 63.1 Å². The third kappa shape index (κ3) is 7.19. The maximum atomic E-state index is 16.1. The highest BCUT2D eigenvalue weighted by atomic mass is 35.5. The number of hydrogen-bond donors (Lipinski definition) is 4. The average Bonchev–Trinajstić information content (AvgIpc) is 3.72. The molecule has 4 aromatic carbocycles. The summed E-state index contributed by atoms with van der Waals surface area (Å²) in [5, 5.41) is 14.0. The second-order valence-corrected chi connectivity index (χ2v) is 16.0. The number of carbonyl (C=O) groups excluding carboxylic acids is 4. The number of aromatic nitrogens is 2. The number of nitrogens with two attached hydrogens (primary N) is 1. The lowest BCUT2D eigenvalue weighted by Crippen LogP contribution is -2.49. The van der Waals surface area contributed by atoms with E-state index >= 15 is 8.78 Å². The highest BCUT2D eigenvalue weighted by molar-refractivity contribution is 6.34. The molecule has 5 N–H and O–H groups in total. The molecular formula is C44H44ClF2N7O6. The van der Waals surface area contributed by atoms with Crippen molar-refractivity contribution in [2.24, 2.45) is 18.7 Å². The zero-order valence-electron chi connectivity index (χ0n) is 33.2. The molecule has 1 saturated carbocycles. The Labute approximate surface area is 349 Å². The molecule has 3 aliphatic rings. The molecule has 5 amide bonds. The Kier molecular flexibility index (Phi) is 11.0. The van der Waals surface area contributed by atoms with Gasteiger partial charge in [0.05, 0.1) is 23.2 Å². The van der Waals surface area contributed by atoms with Gasteiger partial charge in [0, 0.05) is 79.1 Å². The zero-order chi connectivity index (χ0) is 42.5. The molecule has 2 fully saturated rings. The normalized spacial score (nSPS) is 21.4. The number of nitrogens with one attached hydrogen (secondary N) is 3. The lowest BCUT2D eigenvalue weighted by molar-refractivity contribution is -0.126. The second kappa shape index (κ2) is 16.2. The molecule has 0 spiro atoms. The van der Waals surface area contributed by atoms with Gasteiger partial charge in [-0.1, -0.05) is 54.9 Å². The molecule has 0 radical (unpaired) electrons. The summed E-state index contributed by atoms with van der Waals surface area (Å²) in [5.74, 6) is -3.27. The fraction of sp³-hybridized carbons (Fsp3) is 0.341. The summed E-state index contributed by atoms with van der Waals surface area (Å²) in [4.78, 5) is 51.6. The summed E-state index contributed by atoms with van der Waals surface area (Å²) in [6, 6.07) is 18.5. The summed E-state index contributed by atoms with van der Waals surface area (Å²) in [6.45, 7) is 2.75. The number of benzene rings is 4. The number of urea groups is 1. The Hall–Kier alpha value is -6.06. The number of rotatable bonds is 11. The van der Waals surface area contributed by atoms with Crippen LogP contribution in [-0.4, -0.2) is 59.8 Å². The van der Waals surface area contributed by atoms with Crippen LogP contribution < -0.4 is 36.1 Å². The minimum Gasteiger partial charge on any atom is -0.494 e. The van der Waals surface area contributed by atoms with Crippen molar-refractivity contribution in [2.75, 3.05) is 25.1 Å². The first-order chi connectivity index (χ1) is 28.8. The minimum atomic E-state index is -1.10. The topological polar surface area (TPSA) is 170 Å². The largest absolute Gasteiger partial charge is 0.494 e. The van der Waals surface area contributed by atoms with Crippen LogP contribution in [0, 0.1) is 17.6 Å². The van der Waals surface area contributed by atoms with Crippen molar-refractivity contribution in [1.29, 1.82) is 0 Å². The van der Waals surface area contributed by atoms with Gasteiger partial charge >= 0.3 is 6.03 Å². The number of hydrogen-bond acceptors (Lipinski definition) is 8. The number of amides is 5. The number of anilines is 1. The fourth-order valence-electron chi connectivity index (χ4n) is 8.93. The monoisotopic (exact) mass is 839 g/mol. The molecule has 2 aliphatic heterocycles. The fourth-order valence-corrected chi connectivity index (χ4v) is 9.18. The molecule has 1 aromatic heterocycles. The molecule has 312 valence electrons. The van der Waals surface area contributed by atoms with E-state index in [4.69, 9.17) is 26.8 Å². The van der Waals surface area contributed by atoms with Gasteiger partial charge < -0.3 is 25.8 Å². The van der Waals surface area contributed by atoms with Gasteiger partial charge in [-0.05, 0) is 61.1 Å². The van der Waals surface area contributed by atoms with E-state index in [2.05, 4.69) is 21.0 Å². The van der Waals surface area contributed by atoms with Crippen LogP contribution in [0.1, 0.15) is 72.0 Å². The van der Waals surface area contributed by atoms with E-state index < -0.39 is 35.1 Å². The number of imide groups is 1.